The lowest BCUT2D eigenvalue weighted by molar-refractivity contribution is -0.361. The Morgan fingerprint density at radius 1 is 0.667 bits per heavy atom. The van der Waals surface area contributed by atoms with Crippen LogP contribution in [0, 0.1) is 0 Å². The maximum atomic E-state index is 11.6. The Hall–Kier alpha value is -0.340. The topological polar surface area (TPSA) is 71.0 Å². The predicted octanol–water partition coefficient (Wildman–Crippen LogP) is 12.6. The van der Waals surface area contributed by atoms with Crippen molar-refractivity contribution in [2.75, 3.05) is 26.6 Å². The van der Waals surface area contributed by atoms with Gasteiger partial charge >= 0.3 is 0 Å². The van der Waals surface area contributed by atoms with E-state index in [-0.39, 0.29) is 11.3 Å². The highest BCUT2D eigenvalue weighted by Crippen LogP contribution is 2.09. The average molecular weight is 629 g/mol. The quantitative estimate of drug-likeness (QED) is 0.0722. The maximum absolute atomic E-state index is 11.6. The molecule has 0 aliphatic carbocycles. The number of aliphatic hydroxyl groups is 1. The molecule has 7 heteroatoms. The number of hydroxylamine groups is 1. The minimum Gasteiger partial charge on any atom is -0.400 e. The number of amides is 1. The molecule has 0 rings (SSSR count). The minimum atomic E-state index is 0.0399. The maximum Gasteiger partial charge on any atom is 0.282 e. The summed E-state index contributed by atoms with van der Waals surface area (Å²) in [5.74, 6) is 0.865. The monoisotopic (exact) mass is 629 g/mol. The van der Waals surface area contributed by atoms with Gasteiger partial charge in [0.15, 0.2) is 0 Å². The molecule has 0 aliphatic rings. The third-order valence-corrected chi connectivity index (χ3v) is 5.65. The Labute approximate surface area is 272 Å². The molecule has 264 valence electrons. The van der Waals surface area contributed by atoms with E-state index >= 15 is 0 Å². The van der Waals surface area contributed by atoms with Crippen molar-refractivity contribution in [3.8, 4) is 0 Å². The van der Waals surface area contributed by atoms with Gasteiger partial charge in [-0.15, -0.1) is 10.5 Å². The zero-order valence-corrected chi connectivity index (χ0v) is 32.6. The summed E-state index contributed by atoms with van der Waals surface area (Å²) in [7, 11) is 2.72. The molecule has 1 atom stereocenters. The summed E-state index contributed by atoms with van der Waals surface area (Å²) in [5, 5.41) is 7.04. The standard InChI is InChI=1S/C11H24N2O3S.C8H18.C6H14.3C3H8.CH4O/c1-5-7-8-17-11(14)13(4)9-12-16-15-10(3)6-2;1-3-5-7-8-6-4-2;1-3-5-6-4-2;3*1-3-2;1-2/h10,12H,5-9H2,1-4H3;3-8H2,1-2H3;3-6H2,1-2H3;3*3H2,1-2H3;2H,1H3. The number of unbranched alkanes of at least 4 members (excludes halogenated alkanes) is 9. The summed E-state index contributed by atoms with van der Waals surface area (Å²) >= 11 is 1.33. The summed E-state index contributed by atoms with van der Waals surface area (Å²) < 4.78 is 0. The molecule has 0 fully saturated rings. The van der Waals surface area contributed by atoms with E-state index in [2.05, 4.69) is 81.6 Å². The molecule has 6 nitrogen and oxygen atoms in total. The molecule has 0 aliphatic heterocycles. The molecule has 0 aromatic carbocycles. The lowest BCUT2D eigenvalue weighted by Gasteiger charge is -2.17. The fourth-order valence-corrected chi connectivity index (χ4v) is 3.03. The van der Waals surface area contributed by atoms with E-state index in [1.165, 1.54) is 95.2 Å². The van der Waals surface area contributed by atoms with E-state index < -0.39 is 0 Å². The smallest absolute Gasteiger partial charge is 0.282 e. The van der Waals surface area contributed by atoms with Crippen LogP contribution in [-0.2, 0) is 9.88 Å². The third-order valence-electron chi connectivity index (χ3n) is 4.60. The number of hydrogen-bond acceptors (Lipinski definition) is 6. The molecular formula is C35H84N2O4S. The highest BCUT2D eigenvalue weighted by Gasteiger charge is 2.08. The fourth-order valence-electron chi connectivity index (χ4n) is 2.14. The first kappa shape index (κ1) is 57.3. The normalized spacial score (nSPS) is 9.62. The Bertz CT molecular complexity index is 364. The summed E-state index contributed by atoms with van der Waals surface area (Å²) in [5.41, 5.74) is 2.59. The number of aliphatic hydroxyl groups excluding tert-OH is 1. The molecule has 0 spiro atoms. The van der Waals surface area contributed by atoms with Crippen molar-refractivity contribution in [1.82, 2.24) is 10.4 Å². The van der Waals surface area contributed by atoms with Crippen molar-refractivity contribution < 1.29 is 19.8 Å². The van der Waals surface area contributed by atoms with E-state index in [1.54, 1.807) is 11.9 Å². The van der Waals surface area contributed by atoms with Crippen LogP contribution in [0.1, 0.15) is 193 Å². The molecule has 0 heterocycles. The third kappa shape index (κ3) is 90.0. The van der Waals surface area contributed by atoms with Gasteiger partial charge < -0.3 is 10.0 Å². The van der Waals surface area contributed by atoms with Gasteiger partial charge in [-0.1, -0.05) is 185 Å². The molecule has 0 bridgehead atoms. The van der Waals surface area contributed by atoms with Crippen molar-refractivity contribution in [3.05, 3.63) is 0 Å². The molecule has 42 heavy (non-hydrogen) atoms. The van der Waals surface area contributed by atoms with Crippen LogP contribution in [0.25, 0.3) is 0 Å². The second-order valence-electron chi connectivity index (χ2n) is 10.1. The van der Waals surface area contributed by atoms with Crippen LogP contribution in [0.15, 0.2) is 0 Å². The van der Waals surface area contributed by atoms with Crippen LogP contribution in [0.3, 0.4) is 0 Å². The molecule has 1 amide bonds. The van der Waals surface area contributed by atoms with Crippen LogP contribution in [0.2, 0.25) is 0 Å². The largest absolute Gasteiger partial charge is 0.400 e. The zero-order valence-electron chi connectivity index (χ0n) is 31.8. The predicted molar refractivity (Wildman–Crippen MR) is 195 cm³/mol. The highest BCUT2D eigenvalue weighted by atomic mass is 32.2. The zero-order chi connectivity index (χ0) is 34.3. The van der Waals surface area contributed by atoms with Gasteiger partial charge in [-0.05, 0) is 19.8 Å². The number of nitrogens with one attached hydrogen (secondary N) is 1. The lowest BCUT2D eigenvalue weighted by atomic mass is 10.1. The summed E-state index contributed by atoms with van der Waals surface area (Å²) in [4.78, 5) is 22.9. The van der Waals surface area contributed by atoms with Gasteiger partial charge in [0.25, 0.3) is 5.24 Å². The van der Waals surface area contributed by atoms with Gasteiger partial charge in [-0.25, -0.2) is 4.89 Å². The molecule has 0 aromatic heterocycles. The average Bonchev–Trinajstić information content (AvgIpc) is 2.99. The van der Waals surface area contributed by atoms with E-state index in [0.717, 1.165) is 32.1 Å². The van der Waals surface area contributed by atoms with Gasteiger partial charge in [0.1, 0.15) is 0 Å². The second kappa shape index (κ2) is 68.0. The van der Waals surface area contributed by atoms with Crippen molar-refractivity contribution in [2.24, 2.45) is 0 Å². The molecular weight excluding hydrogens is 544 g/mol. The molecule has 1 unspecified atom stereocenters. The van der Waals surface area contributed by atoms with E-state index in [1.807, 2.05) is 13.8 Å². The first-order chi connectivity index (χ1) is 20.2. The fraction of sp³-hybridized carbons (Fsp3) is 0.971. The van der Waals surface area contributed by atoms with Gasteiger partial charge in [0.05, 0.1) is 12.8 Å². The van der Waals surface area contributed by atoms with E-state index in [4.69, 9.17) is 15.0 Å². The Morgan fingerprint density at radius 3 is 1.31 bits per heavy atom. The molecule has 0 radical (unpaired) electrons. The number of carbonyl (C=O) groups excluding carboxylic acids is 1. The Kier molecular flexibility index (Phi) is 92.9. The van der Waals surface area contributed by atoms with Crippen LogP contribution in [-0.4, -0.2) is 47.9 Å². The summed E-state index contributed by atoms with van der Waals surface area (Å²) in [6.07, 6.45) is 20.9. The summed E-state index contributed by atoms with van der Waals surface area (Å²) in [6, 6.07) is 0. The first-order valence-corrected chi connectivity index (χ1v) is 18.5. The number of thioether (sulfide) groups is 1. The Balaban J connectivity index is -0.0000000815. The number of nitrogens with zero attached hydrogens (tertiary/aromatic N) is 1. The van der Waals surface area contributed by atoms with E-state index in [0.29, 0.717) is 6.67 Å². The van der Waals surface area contributed by atoms with Gasteiger partial charge in [-0.2, -0.15) is 0 Å². The Morgan fingerprint density at radius 2 is 1.00 bits per heavy atom. The minimum absolute atomic E-state index is 0.0399. The number of carbonyl (C=O) groups is 1. The van der Waals surface area contributed by atoms with Gasteiger partial charge in [-0.3, -0.25) is 4.79 Å². The van der Waals surface area contributed by atoms with Crippen molar-refractivity contribution in [3.63, 3.8) is 0 Å². The highest BCUT2D eigenvalue weighted by molar-refractivity contribution is 8.13. The first-order valence-electron chi connectivity index (χ1n) is 17.6. The summed E-state index contributed by atoms with van der Waals surface area (Å²) in [6.45, 7) is 28.1. The SMILES string of the molecule is CCC.CCC.CCC.CCCCCC.CCCCCCCC.CCCCSC(=O)N(C)CNOOC(C)CC.CO. The molecule has 0 saturated heterocycles. The van der Waals surface area contributed by atoms with Crippen LogP contribution in [0.5, 0.6) is 0 Å². The van der Waals surface area contributed by atoms with Crippen molar-refractivity contribution in [2.45, 2.75) is 199 Å². The molecule has 2 N–H and O–H groups in total. The van der Waals surface area contributed by atoms with Crippen molar-refractivity contribution >= 4 is 17.0 Å². The number of hydrogen-bond donors (Lipinski definition) is 2. The van der Waals surface area contributed by atoms with Crippen LogP contribution in [0.4, 0.5) is 4.79 Å². The van der Waals surface area contributed by atoms with Crippen LogP contribution >= 0.6 is 11.8 Å². The van der Waals surface area contributed by atoms with Gasteiger partial charge in [0.2, 0.25) is 0 Å². The van der Waals surface area contributed by atoms with E-state index in [9.17, 15) is 4.79 Å². The van der Waals surface area contributed by atoms with Crippen LogP contribution < -0.4 is 5.48 Å². The molecule has 0 aromatic rings. The molecule has 0 saturated carbocycles. The van der Waals surface area contributed by atoms with Gasteiger partial charge in [0, 0.05) is 19.9 Å². The second-order valence-corrected chi connectivity index (χ2v) is 11.2. The number of rotatable bonds is 17. The van der Waals surface area contributed by atoms with Crippen molar-refractivity contribution in [1.29, 1.82) is 0 Å². The lowest BCUT2D eigenvalue weighted by Crippen LogP contribution is -2.34.